The molecule has 2 atom stereocenters. The van der Waals surface area contributed by atoms with Gasteiger partial charge in [-0.25, -0.2) is 0 Å². The SMILES string of the molecule is COC(C)(C)C(N)C1CC(C)(C)OC1(C)C. The van der Waals surface area contributed by atoms with Crippen LogP contribution in [0.4, 0.5) is 0 Å². The molecule has 0 saturated carbocycles. The van der Waals surface area contributed by atoms with Crippen LogP contribution < -0.4 is 5.73 Å². The van der Waals surface area contributed by atoms with E-state index in [-0.39, 0.29) is 22.8 Å². The smallest absolute Gasteiger partial charge is 0.0776 e. The van der Waals surface area contributed by atoms with Crippen LogP contribution in [0.1, 0.15) is 48.0 Å². The lowest BCUT2D eigenvalue weighted by molar-refractivity contribution is -0.0904. The van der Waals surface area contributed by atoms with Crippen molar-refractivity contribution >= 4 is 0 Å². The fourth-order valence-electron chi connectivity index (χ4n) is 2.78. The van der Waals surface area contributed by atoms with Crippen molar-refractivity contribution in [3.8, 4) is 0 Å². The fraction of sp³-hybridized carbons (Fsp3) is 1.00. The first-order valence-corrected chi connectivity index (χ1v) is 6.03. The van der Waals surface area contributed by atoms with Crippen molar-refractivity contribution in [1.29, 1.82) is 0 Å². The van der Waals surface area contributed by atoms with Gasteiger partial charge in [-0.05, 0) is 48.0 Å². The zero-order valence-corrected chi connectivity index (χ0v) is 11.8. The lowest BCUT2D eigenvalue weighted by Gasteiger charge is -2.39. The van der Waals surface area contributed by atoms with Gasteiger partial charge in [0.05, 0.1) is 16.8 Å². The van der Waals surface area contributed by atoms with Crippen molar-refractivity contribution in [2.24, 2.45) is 11.7 Å². The Labute approximate surface area is 99.7 Å². The maximum absolute atomic E-state index is 6.36. The molecule has 1 heterocycles. The molecule has 1 rings (SSSR count). The molecule has 96 valence electrons. The number of hydrogen-bond donors (Lipinski definition) is 1. The molecule has 0 spiro atoms. The van der Waals surface area contributed by atoms with Crippen LogP contribution in [0.5, 0.6) is 0 Å². The molecule has 1 aliphatic rings. The first-order valence-electron chi connectivity index (χ1n) is 6.03. The van der Waals surface area contributed by atoms with Gasteiger partial charge in [0.2, 0.25) is 0 Å². The van der Waals surface area contributed by atoms with E-state index in [4.69, 9.17) is 15.2 Å². The van der Waals surface area contributed by atoms with E-state index >= 15 is 0 Å². The number of methoxy groups -OCH3 is 1. The first-order chi connectivity index (χ1) is 7.02. The molecule has 0 aliphatic carbocycles. The highest BCUT2D eigenvalue weighted by molar-refractivity contribution is 5.03. The van der Waals surface area contributed by atoms with E-state index in [0.717, 1.165) is 6.42 Å². The summed E-state index contributed by atoms with van der Waals surface area (Å²) in [6.45, 7) is 12.6. The van der Waals surface area contributed by atoms with Crippen molar-refractivity contribution in [1.82, 2.24) is 0 Å². The Morgan fingerprint density at radius 1 is 1.31 bits per heavy atom. The monoisotopic (exact) mass is 229 g/mol. The van der Waals surface area contributed by atoms with E-state index in [1.165, 1.54) is 0 Å². The van der Waals surface area contributed by atoms with Gasteiger partial charge in [-0.1, -0.05) is 0 Å². The zero-order valence-electron chi connectivity index (χ0n) is 11.8. The van der Waals surface area contributed by atoms with Crippen LogP contribution in [-0.4, -0.2) is 30.0 Å². The number of ether oxygens (including phenoxy) is 2. The molecular formula is C13H27NO2. The summed E-state index contributed by atoms with van der Waals surface area (Å²) in [5, 5.41) is 0. The van der Waals surface area contributed by atoms with Crippen LogP contribution in [-0.2, 0) is 9.47 Å². The summed E-state index contributed by atoms with van der Waals surface area (Å²) in [7, 11) is 1.72. The topological polar surface area (TPSA) is 44.5 Å². The summed E-state index contributed by atoms with van der Waals surface area (Å²) in [5.74, 6) is 0.317. The normalized spacial score (nSPS) is 30.4. The molecule has 0 aromatic carbocycles. The molecule has 2 N–H and O–H groups in total. The first kappa shape index (κ1) is 13.9. The van der Waals surface area contributed by atoms with Crippen molar-refractivity contribution in [3.05, 3.63) is 0 Å². The minimum absolute atomic E-state index is 0.0192. The number of nitrogens with two attached hydrogens (primary N) is 1. The molecular weight excluding hydrogens is 202 g/mol. The largest absolute Gasteiger partial charge is 0.377 e. The lowest BCUT2D eigenvalue weighted by Crippen LogP contribution is -2.54. The minimum Gasteiger partial charge on any atom is -0.377 e. The average molecular weight is 229 g/mol. The van der Waals surface area contributed by atoms with Crippen molar-refractivity contribution in [3.63, 3.8) is 0 Å². The van der Waals surface area contributed by atoms with E-state index < -0.39 is 0 Å². The van der Waals surface area contributed by atoms with Crippen molar-refractivity contribution < 1.29 is 9.47 Å². The number of rotatable bonds is 3. The summed E-state index contributed by atoms with van der Waals surface area (Å²) in [6, 6.07) is -0.0192. The highest BCUT2D eigenvalue weighted by atomic mass is 16.5. The quantitative estimate of drug-likeness (QED) is 0.808. The van der Waals surface area contributed by atoms with E-state index in [2.05, 4.69) is 27.7 Å². The van der Waals surface area contributed by atoms with Gasteiger partial charge in [0.1, 0.15) is 0 Å². The Balaban J connectivity index is 2.89. The molecule has 1 fully saturated rings. The zero-order chi connectivity index (χ0) is 12.8. The second-order valence-corrected chi connectivity index (χ2v) is 6.61. The van der Waals surface area contributed by atoms with Gasteiger partial charge in [-0.15, -0.1) is 0 Å². The maximum Gasteiger partial charge on any atom is 0.0776 e. The Bertz CT molecular complexity index is 259. The average Bonchev–Trinajstić information content (AvgIpc) is 2.32. The fourth-order valence-corrected chi connectivity index (χ4v) is 2.78. The van der Waals surface area contributed by atoms with Crippen LogP contribution in [0.15, 0.2) is 0 Å². The summed E-state index contributed by atoms with van der Waals surface area (Å²) in [4.78, 5) is 0. The van der Waals surface area contributed by atoms with Crippen LogP contribution in [0.2, 0.25) is 0 Å². The Morgan fingerprint density at radius 3 is 2.12 bits per heavy atom. The third kappa shape index (κ3) is 2.58. The van der Waals surface area contributed by atoms with E-state index in [0.29, 0.717) is 5.92 Å². The van der Waals surface area contributed by atoms with Crippen molar-refractivity contribution in [2.75, 3.05) is 7.11 Å². The van der Waals surface area contributed by atoms with Crippen LogP contribution >= 0.6 is 0 Å². The highest BCUT2D eigenvalue weighted by Crippen LogP contribution is 2.45. The van der Waals surface area contributed by atoms with Crippen LogP contribution in [0.3, 0.4) is 0 Å². The van der Waals surface area contributed by atoms with Gasteiger partial charge in [0, 0.05) is 19.1 Å². The van der Waals surface area contributed by atoms with Gasteiger partial charge in [0.25, 0.3) is 0 Å². The molecule has 0 radical (unpaired) electrons. The third-order valence-corrected chi connectivity index (χ3v) is 3.91. The molecule has 1 saturated heterocycles. The molecule has 2 unspecified atom stereocenters. The van der Waals surface area contributed by atoms with Gasteiger partial charge in [-0.2, -0.15) is 0 Å². The minimum atomic E-state index is -0.314. The molecule has 3 nitrogen and oxygen atoms in total. The molecule has 0 amide bonds. The van der Waals surface area contributed by atoms with Gasteiger partial charge >= 0.3 is 0 Å². The second kappa shape index (κ2) is 3.97. The number of hydrogen-bond acceptors (Lipinski definition) is 3. The molecule has 0 bridgehead atoms. The van der Waals surface area contributed by atoms with Gasteiger partial charge in [0.15, 0.2) is 0 Å². The Hall–Kier alpha value is -0.120. The summed E-state index contributed by atoms with van der Waals surface area (Å²) >= 11 is 0. The molecule has 0 aromatic heterocycles. The molecule has 16 heavy (non-hydrogen) atoms. The molecule has 3 heteroatoms. The predicted molar refractivity (Wildman–Crippen MR) is 66.4 cm³/mol. The van der Waals surface area contributed by atoms with Crippen molar-refractivity contribution in [2.45, 2.75) is 70.8 Å². The van der Waals surface area contributed by atoms with Crippen LogP contribution in [0.25, 0.3) is 0 Å². The summed E-state index contributed by atoms with van der Waals surface area (Å²) < 4.78 is 11.6. The lowest BCUT2D eigenvalue weighted by atomic mass is 9.76. The summed E-state index contributed by atoms with van der Waals surface area (Å²) in [6.07, 6.45) is 0.980. The van der Waals surface area contributed by atoms with E-state index in [1.54, 1.807) is 7.11 Å². The highest BCUT2D eigenvalue weighted by Gasteiger charge is 2.51. The van der Waals surface area contributed by atoms with E-state index in [1.807, 2.05) is 13.8 Å². The van der Waals surface area contributed by atoms with E-state index in [9.17, 15) is 0 Å². The maximum atomic E-state index is 6.36. The van der Waals surface area contributed by atoms with Crippen LogP contribution in [0, 0.1) is 5.92 Å². The second-order valence-electron chi connectivity index (χ2n) is 6.61. The molecule has 0 aromatic rings. The Morgan fingerprint density at radius 2 is 1.81 bits per heavy atom. The molecule has 1 aliphatic heterocycles. The van der Waals surface area contributed by atoms with Gasteiger partial charge in [-0.3, -0.25) is 0 Å². The standard InChI is InChI=1S/C13H27NO2/c1-11(2)8-9(12(3,4)16-11)10(14)13(5,6)15-7/h9-10H,8,14H2,1-7H3. The Kier molecular flexibility index (Phi) is 3.46. The predicted octanol–water partition coefficient (Wildman–Crippen LogP) is 2.33. The summed E-state index contributed by atoms with van der Waals surface area (Å²) in [5.41, 5.74) is 5.78. The van der Waals surface area contributed by atoms with Gasteiger partial charge < -0.3 is 15.2 Å². The third-order valence-electron chi connectivity index (χ3n) is 3.91.